The minimum Gasteiger partial charge on any atom is -0.497 e. The van der Waals surface area contributed by atoms with Gasteiger partial charge in [0, 0.05) is 6.07 Å². The molecule has 0 fully saturated rings. The number of ether oxygens (including phenoxy) is 1. The van der Waals surface area contributed by atoms with E-state index in [-0.39, 0.29) is 12.6 Å². The zero-order valence-corrected chi connectivity index (χ0v) is 11.5. The third-order valence-corrected chi connectivity index (χ3v) is 3.17. The van der Waals surface area contributed by atoms with E-state index in [2.05, 4.69) is 5.32 Å². The first-order chi connectivity index (χ1) is 9.72. The van der Waals surface area contributed by atoms with Crippen molar-refractivity contribution in [3.05, 3.63) is 54.1 Å². The van der Waals surface area contributed by atoms with Crippen LogP contribution in [0.15, 0.2) is 48.5 Å². The lowest BCUT2D eigenvalue weighted by Gasteiger charge is -2.19. The zero-order chi connectivity index (χ0) is 14.4. The van der Waals surface area contributed by atoms with Crippen molar-refractivity contribution in [2.45, 2.75) is 12.5 Å². The fourth-order valence-corrected chi connectivity index (χ4v) is 2.07. The number of hydrogen-bond acceptors (Lipinski definition) is 4. The third-order valence-electron chi connectivity index (χ3n) is 3.17. The molecule has 1 atom stereocenters. The molecular formula is C16H20N2O2. The second-order valence-corrected chi connectivity index (χ2v) is 4.67. The van der Waals surface area contributed by atoms with Crippen molar-refractivity contribution in [3.8, 4) is 5.75 Å². The summed E-state index contributed by atoms with van der Waals surface area (Å²) in [5.74, 6) is 0.734. The van der Waals surface area contributed by atoms with Crippen LogP contribution >= 0.6 is 0 Å². The molecule has 0 spiro atoms. The average Bonchev–Trinajstić information content (AvgIpc) is 2.49. The lowest BCUT2D eigenvalue weighted by atomic mass is 10.1. The Labute approximate surface area is 119 Å². The van der Waals surface area contributed by atoms with Crippen LogP contribution in [0.4, 0.5) is 11.4 Å². The van der Waals surface area contributed by atoms with Gasteiger partial charge in [0.15, 0.2) is 0 Å². The standard InChI is InChI=1S/C16H20N2O2/c1-20-14-7-8-15(17)16(10-14)18-13(11-19)9-12-5-3-2-4-6-12/h2-8,10,13,18-19H,9,11,17H2,1H3. The first kappa shape index (κ1) is 14.2. The first-order valence-corrected chi connectivity index (χ1v) is 6.57. The quantitative estimate of drug-likeness (QED) is 0.706. The second-order valence-electron chi connectivity index (χ2n) is 4.67. The van der Waals surface area contributed by atoms with E-state index in [1.807, 2.05) is 42.5 Å². The van der Waals surface area contributed by atoms with Gasteiger partial charge in [-0.25, -0.2) is 0 Å². The van der Waals surface area contributed by atoms with Crippen molar-refractivity contribution in [2.24, 2.45) is 0 Å². The van der Waals surface area contributed by atoms with Gasteiger partial charge in [0.1, 0.15) is 5.75 Å². The molecule has 0 aliphatic carbocycles. The molecule has 0 saturated heterocycles. The van der Waals surface area contributed by atoms with Crippen LogP contribution in [-0.2, 0) is 6.42 Å². The lowest BCUT2D eigenvalue weighted by molar-refractivity contribution is 0.273. The molecule has 4 nitrogen and oxygen atoms in total. The van der Waals surface area contributed by atoms with Crippen LogP contribution < -0.4 is 15.8 Å². The number of nitrogen functional groups attached to an aromatic ring is 1. The minimum atomic E-state index is -0.0909. The zero-order valence-electron chi connectivity index (χ0n) is 11.5. The normalized spacial score (nSPS) is 11.9. The summed E-state index contributed by atoms with van der Waals surface area (Å²) in [4.78, 5) is 0. The fraction of sp³-hybridized carbons (Fsp3) is 0.250. The van der Waals surface area contributed by atoms with Gasteiger partial charge >= 0.3 is 0 Å². The Balaban J connectivity index is 2.10. The molecule has 0 aliphatic rings. The number of nitrogens with two attached hydrogens (primary N) is 1. The smallest absolute Gasteiger partial charge is 0.121 e. The number of rotatable bonds is 6. The van der Waals surface area contributed by atoms with E-state index in [0.717, 1.165) is 17.9 Å². The van der Waals surface area contributed by atoms with E-state index in [1.54, 1.807) is 13.2 Å². The van der Waals surface area contributed by atoms with Gasteiger partial charge in [-0.05, 0) is 24.1 Å². The molecule has 1 unspecified atom stereocenters. The van der Waals surface area contributed by atoms with Crippen molar-refractivity contribution in [3.63, 3.8) is 0 Å². The molecule has 0 radical (unpaired) electrons. The number of benzene rings is 2. The molecule has 0 bridgehead atoms. The first-order valence-electron chi connectivity index (χ1n) is 6.57. The van der Waals surface area contributed by atoms with Crippen LogP contribution in [0, 0.1) is 0 Å². The van der Waals surface area contributed by atoms with Crippen molar-refractivity contribution in [1.29, 1.82) is 0 Å². The summed E-state index contributed by atoms with van der Waals surface area (Å²) in [6, 6.07) is 15.4. The molecule has 0 aromatic heterocycles. The highest BCUT2D eigenvalue weighted by Crippen LogP contribution is 2.25. The summed E-state index contributed by atoms with van der Waals surface area (Å²) in [5, 5.41) is 12.8. The highest BCUT2D eigenvalue weighted by Gasteiger charge is 2.10. The predicted molar refractivity (Wildman–Crippen MR) is 82.0 cm³/mol. The number of methoxy groups -OCH3 is 1. The topological polar surface area (TPSA) is 67.5 Å². The molecule has 20 heavy (non-hydrogen) atoms. The molecule has 2 aromatic rings. The number of aliphatic hydroxyl groups is 1. The van der Waals surface area contributed by atoms with Gasteiger partial charge in [-0.3, -0.25) is 0 Å². The van der Waals surface area contributed by atoms with Crippen LogP contribution in [0.3, 0.4) is 0 Å². The Morgan fingerprint density at radius 3 is 2.60 bits per heavy atom. The van der Waals surface area contributed by atoms with Crippen molar-refractivity contribution in [1.82, 2.24) is 0 Å². The molecule has 4 heteroatoms. The molecule has 0 aliphatic heterocycles. The molecule has 2 aromatic carbocycles. The number of nitrogens with one attached hydrogen (secondary N) is 1. The van der Waals surface area contributed by atoms with Crippen LogP contribution in [0.25, 0.3) is 0 Å². The SMILES string of the molecule is COc1ccc(N)c(NC(CO)Cc2ccccc2)c1. The van der Waals surface area contributed by atoms with Gasteiger partial charge in [-0.1, -0.05) is 30.3 Å². The van der Waals surface area contributed by atoms with Gasteiger partial charge in [0.25, 0.3) is 0 Å². The molecule has 0 amide bonds. The Morgan fingerprint density at radius 2 is 1.95 bits per heavy atom. The van der Waals surface area contributed by atoms with E-state index < -0.39 is 0 Å². The maximum Gasteiger partial charge on any atom is 0.121 e. The average molecular weight is 272 g/mol. The molecule has 0 saturated carbocycles. The molecule has 2 rings (SSSR count). The summed E-state index contributed by atoms with van der Waals surface area (Å²) in [6.07, 6.45) is 0.730. The summed E-state index contributed by atoms with van der Waals surface area (Å²) >= 11 is 0. The Morgan fingerprint density at radius 1 is 1.20 bits per heavy atom. The highest BCUT2D eigenvalue weighted by atomic mass is 16.5. The van der Waals surface area contributed by atoms with Crippen molar-refractivity contribution < 1.29 is 9.84 Å². The van der Waals surface area contributed by atoms with E-state index in [9.17, 15) is 5.11 Å². The fourth-order valence-electron chi connectivity index (χ4n) is 2.07. The van der Waals surface area contributed by atoms with E-state index in [1.165, 1.54) is 5.56 Å². The van der Waals surface area contributed by atoms with E-state index >= 15 is 0 Å². The van der Waals surface area contributed by atoms with Crippen molar-refractivity contribution in [2.75, 3.05) is 24.8 Å². The van der Waals surface area contributed by atoms with Gasteiger partial charge in [-0.2, -0.15) is 0 Å². The van der Waals surface area contributed by atoms with Crippen LogP contribution in [-0.4, -0.2) is 24.9 Å². The number of hydrogen-bond donors (Lipinski definition) is 3. The maximum absolute atomic E-state index is 9.53. The Hall–Kier alpha value is -2.20. The van der Waals surface area contributed by atoms with Crippen molar-refractivity contribution >= 4 is 11.4 Å². The predicted octanol–water partition coefficient (Wildman–Crippen LogP) is 2.29. The Bertz CT molecular complexity index is 543. The van der Waals surface area contributed by atoms with Gasteiger partial charge in [-0.15, -0.1) is 0 Å². The minimum absolute atomic E-state index is 0.0333. The second kappa shape index (κ2) is 6.82. The molecule has 4 N–H and O–H groups in total. The summed E-state index contributed by atoms with van der Waals surface area (Å²) in [6.45, 7) is 0.0333. The highest BCUT2D eigenvalue weighted by molar-refractivity contribution is 5.68. The maximum atomic E-state index is 9.53. The lowest BCUT2D eigenvalue weighted by Crippen LogP contribution is -2.26. The van der Waals surface area contributed by atoms with Gasteiger partial charge in [0.2, 0.25) is 0 Å². The largest absolute Gasteiger partial charge is 0.497 e. The van der Waals surface area contributed by atoms with Crippen LogP contribution in [0.1, 0.15) is 5.56 Å². The van der Waals surface area contributed by atoms with Crippen LogP contribution in [0.2, 0.25) is 0 Å². The van der Waals surface area contributed by atoms with Gasteiger partial charge < -0.3 is 20.9 Å². The molecule has 0 heterocycles. The summed E-state index contributed by atoms with van der Waals surface area (Å²) in [5.41, 5.74) is 8.52. The van der Waals surface area contributed by atoms with E-state index in [0.29, 0.717) is 5.69 Å². The summed E-state index contributed by atoms with van der Waals surface area (Å²) < 4.78 is 5.19. The monoisotopic (exact) mass is 272 g/mol. The molecular weight excluding hydrogens is 252 g/mol. The number of anilines is 2. The van der Waals surface area contributed by atoms with Crippen LogP contribution in [0.5, 0.6) is 5.75 Å². The van der Waals surface area contributed by atoms with Gasteiger partial charge in [0.05, 0.1) is 31.1 Å². The molecule has 106 valence electrons. The number of aliphatic hydroxyl groups excluding tert-OH is 1. The Kier molecular flexibility index (Phi) is 4.85. The summed E-state index contributed by atoms with van der Waals surface area (Å²) in [7, 11) is 1.61. The van der Waals surface area contributed by atoms with E-state index in [4.69, 9.17) is 10.5 Å². The third kappa shape index (κ3) is 3.65.